The van der Waals surface area contributed by atoms with E-state index in [0.29, 0.717) is 37.1 Å². The third-order valence-corrected chi connectivity index (χ3v) is 12.2. The van der Waals surface area contributed by atoms with Crippen LogP contribution in [0.2, 0.25) is 0 Å². The summed E-state index contributed by atoms with van der Waals surface area (Å²) in [6.45, 7) is -0.0690. The Kier molecular flexibility index (Phi) is 15.9. The van der Waals surface area contributed by atoms with Gasteiger partial charge >= 0.3 is 6.09 Å². The number of carbonyl (C=O) groups excluding carboxylic acids is 1. The van der Waals surface area contributed by atoms with Gasteiger partial charge in [-0.05, 0) is 35.1 Å². The van der Waals surface area contributed by atoms with Crippen LogP contribution in [0.3, 0.4) is 0 Å². The summed E-state index contributed by atoms with van der Waals surface area (Å²) in [6.07, 6.45) is -12.3. The number of hydrogen-bond acceptors (Lipinski definition) is 14. The van der Waals surface area contributed by atoms with E-state index in [1.807, 2.05) is 60.7 Å². The summed E-state index contributed by atoms with van der Waals surface area (Å²) < 4.78 is 29.3. The molecule has 338 valence electrons. The molecule has 3 fully saturated rings. The normalized spacial score (nSPS) is 25.7. The van der Waals surface area contributed by atoms with Crippen LogP contribution in [0, 0.1) is 0 Å². The second-order valence-electron chi connectivity index (χ2n) is 16.2. The molecule has 10 atom stereocenters. The number of benzene rings is 4. The van der Waals surface area contributed by atoms with Crippen molar-refractivity contribution in [1.82, 2.24) is 9.80 Å². The highest BCUT2D eigenvalue weighted by Gasteiger charge is 2.43. The van der Waals surface area contributed by atoms with Crippen molar-refractivity contribution in [3.63, 3.8) is 0 Å². The Morgan fingerprint density at radius 1 is 0.683 bits per heavy atom. The van der Waals surface area contributed by atoms with Crippen molar-refractivity contribution >= 4 is 12.6 Å². The summed E-state index contributed by atoms with van der Waals surface area (Å²) in [5, 5.41) is 74.6. The highest BCUT2D eigenvalue weighted by molar-refractivity contribution is 5.79. The first-order valence-electron chi connectivity index (χ1n) is 21.2. The van der Waals surface area contributed by atoms with E-state index >= 15 is 0 Å². The fourth-order valence-electron chi connectivity index (χ4n) is 8.90. The Labute approximate surface area is 365 Å². The molecular weight excluding hydrogens is 817 g/mol. The van der Waals surface area contributed by atoms with E-state index in [1.54, 1.807) is 34.1 Å². The monoisotopic (exact) mass is 872 g/mol. The van der Waals surface area contributed by atoms with Gasteiger partial charge in [-0.15, -0.1) is 0 Å². The lowest BCUT2D eigenvalue weighted by Gasteiger charge is -2.43. The number of carboxylic acid groups (broad SMARTS) is 1. The van der Waals surface area contributed by atoms with Crippen LogP contribution in [-0.2, 0) is 28.5 Å². The van der Waals surface area contributed by atoms with Gasteiger partial charge in [-0.25, -0.2) is 4.79 Å². The van der Waals surface area contributed by atoms with Crippen LogP contribution in [0.1, 0.15) is 53.6 Å². The Morgan fingerprint density at radius 3 is 1.54 bits per heavy atom. The zero-order valence-electron chi connectivity index (χ0n) is 34.6. The molecule has 3 saturated heterocycles. The van der Waals surface area contributed by atoms with Gasteiger partial charge < -0.3 is 64.3 Å². The van der Waals surface area contributed by atoms with E-state index in [4.69, 9.17) is 33.6 Å². The van der Waals surface area contributed by atoms with Gasteiger partial charge in [-0.2, -0.15) is 0 Å². The van der Waals surface area contributed by atoms with Gasteiger partial charge in [0.2, 0.25) is 0 Å². The third kappa shape index (κ3) is 10.9. The molecule has 4 aliphatic rings. The van der Waals surface area contributed by atoms with E-state index < -0.39 is 67.5 Å². The molecule has 1 aliphatic carbocycles. The predicted octanol–water partition coefficient (Wildman–Crippen LogP) is 2.80. The van der Waals surface area contributed by atoms with Gasteiger partial charge in [-0.1, -0.05) is 109 Å². The lowest BCUT2D eigenvalue weighted by atomic mass is 9.96. The van der Waals surface area contributed by atoms with Crippen LogP contribution in [0.15, 0.2) is 109 Å². The maximum Gasteiger partial charge on any atom is 0.409 e. The molecule has 8 rings (SSSR count). The highest BCUT2D eigenvalue weighted by atomic mass is 16.7. The van der Waals surface area contributed by atoms with Gasteiger partial charge in [0.25, 0.3) is 6.47 Å². The minimum Gasteiger partial charge on any atom is -0.483 e. The first-order valence-corrected chi connectivity index (χ1v) is 21.2. The molecule has 0 aromatic heterocycles. The number of hydrogen-bond donors (Lipinski definition) is 7. The summed E-state index contributed by atoms with van der Waals surface area (Å²) in [7, 11) is 0. The Morgan fingerprint density at radius 2 is 1.10 bits per heavy atom. The fraction of sp³-hybridized carbons (Fsp3) is 0.447. The molecule has 16 heteroatoms. The number of likely N-dealkylation sites (tertiary alicyclic amines) is 1. The van der Waals surface area contributed by atoms with Crippen molar-refractivity contribution in [1.29, 1.82) is 0 Å². The molecule has 3 heterocycles. The molecule has 1 amide bonds. The maximum absolute atomic E-state index is 13.5. The van der Waals surface area contributed by atoms with Crippen molar-refractivity contribution in [3.8, 4) is 11.1 Å². The number of amides is 1. The maximum atomic E-state index is 13.5. The molecule has 0 spiro atoms. The second-order valence-corrected chi connectivity index (χ2v) is 16.2. The first kappa shape index (κ1) is 46.2. The number of nitrogens with zero attached hydrogens (tertiary/aromatic N) is 2. The van der Waals surface area contributed by atoms with Crippen LogP contribution in [0.5, 0.6) is 0 Å². The van der Waals surface area contributed by atoms with Gasteiger partial charge in [0.1, 0.15) is 43.2 Å². The largest absolute Gasteiger partial charge is 0.483 e. The zero-order chi connectivity index (χ0) is 44.5. The number of aliphatic hydroxyl groups excluding tert-OH is 6. The Balaban J connectivity index is 0.00000193. The summed E-state index contributed by atoms with van der Waals surface area (Å²) in [6, 6.07) is 34.1. The number of fused-ring (bicyclic) bond motifs is 3. The van der Waals surface area contributed by atoms with Crippen molar-refractivity contribution in [2.24, 2.45) is 0 Å². The molecule has 4 aromatic rings. The molecule has 2 unspecified atom stereocenters. The Hall–Kier alpha value is -4.82. The molecule has 3 aliphatic heterocycles. The third-order valence-electron chi connectivity index (χ3n) is 12.2. The zero-order valence-corrected chi connectivity index (χ0v) is 34.6. The van der Waals surface area contributed by atoms with Gasteiger partial charge in [-0.3, -0.25) is 9.69 Å². The smallest absolute Gasteiger partial charge is 0.409 e. The molecule has 0 saturated carbocycles. The average molecular weight is 873 g/mol. The van der Waals surface area contributed by atoms with Crippen LogP contribution in [0.4, 0.5) is 4.79 Å². The molecule has 63 heavy (non-hydrogen) atoms. The van der Waals surface area contributed by atoms with Crippen LogP contribution in [0.25, 0.3) is 11.1 Å². The topological polar surface area (TPSA) is 228 Å². The summed E-state index contributed by atoms with van der Waals surface area (Å²) in [5.41, 5.74) is 5.88. The minimum atomic E-state index is -1.56. The first-order chi connectivity index (χ1) is 30.6. The van der Waals surface area contributed by atoms with Crippen LogP contribution >= 0.6 is 0 Å². The highest BCUT2D eigenvalue weighted by Crippen LogP contribution is 2.44. The van der Waals surface area contributed by atoms with Crippen molar-refractivity contribution in [2.45, 2.75) is 86.2 Å². The van der Waals surface area contributed by atoms with Crippen molar-refractivity contribution in [2.75, 3.05) is 46.0 Å². The minimum absolute atomic E-state index is 0.0856. The van der Waals surface area contributed by atoms with Crippen molar-refractivity contribution < 1.29 is 69.0 Å². The van der Waals surface area contributed by atoms with Gasteiger partial charge in [0.15, 0.2) is 12.6 Å². The fourth-order valence-corrected chi connectivity index (χ4v) is 8.90. The lowest BCUT2D eigenvalue weighted by molar-refractivity contribution is -0.285. The quantitative estimate of drug-likeness (QED) is 0.0959. The number of aliphatic hydroxyl groups is 6. The SMILES string of the molecule is O=C(OCC1c2ccccc2-c2ccccc21)N1CCC(N(C[C@H](O)[C@@H](O)[C@@H]2OC(c3ccccc3)OC[C@H]2O)C[C@H](O)[C@@H](O)[C@@H]2OC(c3ccccc3)OC[C@H]2O)CC1.O=CO. The summed E-state index contributed by atoms with van der Waals surface area (Å²) in [5.74, 6) is -0.0856. The average Bonchev–Trinajstić information content (AvgIpc) is 3.64. The number of piperidine rings is 1. The predicted molar refractivity (Wildman–Crippen MR) is 226 cm³/mol. The van der Waals surface area contributed by atoms with E-state index in [2.05, 4.69) is 24.3 Å². The van der Waals surface area contributed by atoms with Crippen LogP contribution in [-0.4, -0.2) is 159 Å². The van der Waals surface area contributed by atoms with Gasteiger partial charge in [0.05, 0.1) is 25.4 Å². The lowest BCUT2D eigenvalue weighted by Crippen LogP contribution is -2.58. The molecule has 7 N–H and O–H groups in total. The summed E-state index contributed by atoms with van der Waals surface area (Å²) in [4.78, 5) is 25.3. The number of carbonyl (C=O) groups is 2. The van der Waals surface area contributed by atoms with Crippen molar-refractivity contribution in [3.05, 3.63) is 131 Å². The van der Waals surface area contributed by atoms with Crippen LogP contribution < -0.4 is 0 Å². The van der Waals surface area contributed by atoms with E-state index in [0.717, 1.165) is 22.3 Å². The number of ether oxygens (including phenoxy) is 5. The number of rotatable bonds is 13. The summed E-state index contributed by atoms with van der Waals surface area (Å²) >= 11 is 0. The Bertz CT molecular complexity index is 1930. The standard InChI is InChI=1S/C46H54N2O12.CH2O2/c49-36(40(53)42-38(51)26-56-44(59-42)28-11-3-1-4-12-28)23-48(24-37(50)41(54)43-39(52)27-57-45(60-43)29-13-5-2-6-14-29)30-19-21-47(22-20-30)46(55)58-25-35-33-17-9-7-15-31(33)32-16-8-10-18-34(32)35;2-1-3/h1-18,30,35-45,49-54H,19-27H2;1H,(H,2,3)/t36-,37-,38+,39+,40+,41+,42+,43+,44?,45?;/m0./s1. The van der Waals surface area contributed by atoms with Gasteiger partial charge in [0, 0.05) is 49.3 Å². The molecule has 0 bridgehead atoms. The van der Waals surface area contributed by atoms with E-state index in [-0.39, 0.29) is 51.3 Å². The molecule has 4 aromatic carbocycles. The second kappa shape index (κ2) is 21.7. The molecule has 16 nitrogen and oxygen atoms in total. The van der Waals surface area contributed by atoms with E-state index in [9.17, 15) is 35.4 Å². The molecule has 0 radical (unpaired) electrons. The molecular formula is C47H56N2O14. The van der Waals surface area contributed by atoms with E-state index in [1.165, 1.54) is 0 Å².